The number of aromatic hydroxyl groups is 1. The highest BCUT2D eigenvalue weighted by atomic mass is 19.4. The lowest BCUT2D eigenvalue weighted by Crippen LogP contribution is -2.47. The van der Waals surface area contributed by atoms with Gasteiger partial charge in [-0.25, -0.2) is 4.39 Å². The molecular weight excluding hydrogens is 457 g/mol. The summed E-state index contributed by atoms with van der Waals surface area (Å²) in [4.78, 5) is 35.9. The lowest BCUT2D eigenvalue weighted by Gasteiger charge is -2.31. The van der Waals surface area contributed by atoms with Crippen molar-refractivity contribution in [2.45, 2.75) is 43.7 Å². The fraction of sp³-hybridized carbons (Fsp3) is 0.400. The molecule has 0 bridgehead atoms. The maximum Gasteiger partial charge on any atom is 0.417 e. The van der Waals surface area contributed by atoms with Gasteiger partial charge in [0, 0.05) is 39.2 Å². The number of nitrogens with two attached hydrogens (primary N) is 1. The van der Waals surface area contributed by atoms with E-state index < -0.39 is 70.5 Å². The first-order chi connectivity index (χ1) is 15.2. The fourth-order valence-corrected chi connectivity index (χ4v) is 3.90. The topological polar surface area (TPSA) is 122 Å². The number of carbonyl (C=O) groups is 2. The molecule has 0 spiro atoms. The molecule has 1 saturated heterocycles. The molecule has 5 atom stereocenters. The monoisotopic (exact) mass is 476 g/mol. The molecule has 13 heteroatoms. The molecule has 2 amide bonds. The number of ether oxygens (including phenoxy) is 1. The van der Waals surface area contributed by atoms with E-state index in [1.54, 1.807) is 0 Å². The molecule has 33 heavy (non-hydrogen) atoms. The Hall–Kier alpha value is -3.35. The van der Waals surface area contributed by atoms with Gasteiger partial charge in [-0.3, -0.25) is 9.59 Å². The number of primary amides is 1. The van der Waals surface area contributed by atoms with Gasteiger partial charge in [0.1, 0.15) is 6.10 Å². The summed E-state index contributed by atoms with van der Waals surface area (Å²) in [5.41, 5.74) is 1.64. The molecule has 1 unspecified atom stereocenters. The summed E-state index contributed by atoms with van der Waals surface area (Å²) in [6.45, 7) is 1.80. The molecule has 2 aliphatic rings. The van der Waals surface area contributed by atoms with Crippen molar-refractivity contribution in [3.8, 4) is 5.75 Å². The van der Waals surface area contributed by atoms with Crippen LogP contribution in [-0.4, -0.2) is 45.6 Å². The van der Waals surface area contributed by atoms with E-state index in [9.17, 15) is 41.6 Å². The number of phenols is 1. The van der Waals surface area contributed by atoms with Crippen LogP contribution in [0.3, 0.4) is 0 Å². The van der Waals surface area contributed by atoms with Crippen LogP contribution in [0.1, 0.15) is 25.3 Å². The van der Waals surface area contributed by atoms with Crippen LogP contribution in [0.5, 0.6) is 5.75 Å². The van der Waals surface area contributed by atoms with E-state index in [4.69, 9.17) is 10.5 Å². The van der Waals surface area contributed by atoms with Gasteiger partial charge < -0.3 is 20.9 Å². The number of nitrogens with zero attached hydrogens (tertiary/aromatic N) is 1. The Morgan fingerprint density at radius 3 is 2.48 bits per heavy atom. The lowest BCUT2D eigenvalue weighted by atomic mass is 9.77. The molecule has 2 aliphatic heterocycles. The number of alkyl halides is 3. The number of allylic oxidation sites excluding steroid dienone is 1. The molecule has 178 valence electrons. The standard InChI is InChI=1S/C20H18F5N3O5/c1-8-13(10-3-4-11(21)14(22)15(10)29)16(33-19(8,2)20(23,24)25)18(31)27-9-5-6-28(32)12(7-9)17(26)30/h3-8,12-13,16H,1-2H3,(H3-,26,27,29,30,31)/p+1/t8-,12?,13-,16+,19+/m1/s1. The van der Waals surface area contributed by atoms with Crippen LogP contribution in [0.15, 0.2) is 36.2 Å². The minimum Gasteiger partial charge on any atom is -0.505 e. The van der Waals surface area contributed by atoms with Crippen molar-refractivity contribution in [3.63, 3.8) is 0 Å². The Labute approximate surface area is 183 Å². The lowest BCUT2D eigenvalue weighted by molar-refractivity contribution is -0.495. The molecule has 0 saturated carbocycles. The van der Waals surface area contributed by atoms with Gasteiger partial charge in [-0.2, -0.15) is 17.6 Å². The molecular formula is C20H19F5N3O5+. The third-order valence-electron chi connectivity index (χ3n) is 5.96. The van der Waals surface area contributed by atoms with Crippen molar-refractivity contribution in [2.24, 2.45) is 11.7 Å². The quantitative estimate of drug-likeness (QED) is 0.455. The molecule has 3 rings (SSSR count). The van der Waals surface area contributed by atoms with Crippen molar-refractivity contribution < 1.29 is 46.1 Å². The van der Waals surface area contributed by atoms with E-state index in [0.29, 0.717) is 13.0 Å². The summed E-state index contributed by atoms with van der Waals surface area (Å²) in [6, 6.07) is 0.0150. The molecule has 2 heterocycles. The zero-order valence-corrected chi connectivity index (χ0v) is 17.2. The predicted octanol–water partition coefficient (Wildman–Crippen LogP) is 2.27. The molecule has 0 aliphatic carbocycles. The second-order valence-corrected chi connectivity index (χ2v) is 7.89. The van der Waals surface area contributed by atoms with Gasteiger partial charge in [0.2, 0.25) is 12.0 Å². The summed E-state index contributed by atoms with van der Waals surface area (Å²) in [5.74, 6) is -9.59. The van der Waals surface area contributed by atoms with Crippen LogP contribution in [0.4, 0.5) is 22.0 Å². The number of nitroso groups, excluding NO2 is 1. The normalized spacial score (nSPS) is 29.7. The van der Waals surface area contributed by atoms with Gasteiger partial charge in [-0.15, -0.1) is 0 Å². The highest BCUT2D eigenvalue weighted by Crippen LogP contribution is 2.54. The molecule has 0 radical (unpaired) electrons. The first kappa shape index (κ1) is 24.3. The number of nitrogens with one attached hydrogen (secondary N) is 1. The van der Waals surface area contributed by atoms with Crippen molar-refractivity contribution in [1.82, 2.24) is 5.32 Å². The first-order valence-corrected chi connectivity index (χ1v) is 9.56. The Kier molecular flexibility index (Phi) is 6.04. The largest absolute Gasteiger partial charge is 0.505 e. The average molecular weight is 476 g/mol. The molecule has 4 N–H and O–H groups in total. The summed E-state index contributed by atoms with van der Waals surface area (Å²) in [7, 11) is 0. The predicted molar refractivity (Wildman–Crippen MR) is 101 cm³/mol. The smallest absolute Gasteiger partial charge is 0.417 e. The number of carbonyl (C=O) groups excluding carboxylic acids is 2. The van der Waals surface area contributed by atoms with Crippen molar-refractivity contribution in [1.29, 1.82) is 0 Å². The molecule has 0 aromatic heterocycles. The van der Waals surface area contributed by atoms with Gasteiger partial charge in [-0.05, 0) is 13.0 Å². The Morgan fingerprint density at radius 1 is 1.27 bits per heavy atom. The minimum atomic E-state index is -4.96. The van der Waals surface area contributed by atoms with Crippen molar-refractivity contribution in [2.75, 3.05) is 0 Å². The number of hydrogen-bond acceptors (Lipinski definition) is 5. The van der Waals surface area contributed by atoms with Crippen molar-refractivity contribution in [3.05, 3.63) is 58.3 Å². The molecule has 1 fully saturated rings. The maximum absolute atomic E-state index is 14.0. The van der Waals surface area contributed by atoms with Gasteiger partial charge in [0.25, 0.3) is 11.8 Å². The van der Waals surface area contributed by atoms with E-state index in [2.05, 4.69) is 5.32 Å². The zero-order chi connectivity index (χ0) is 24.9. The van der Waals surface area contributed by atoms with Crippen LogP contribution in [0, 0.1) is 22.5 Å². The summed E-state index contributed by atoms with van der Waals surface area (Å²) in [6.07, 6.45) is -3.93. The Bertz CT molecular complexity index is 1090. The second kappa shape index (κ2) is 8.21. The van der Waals surface area contributed by atoms with Crippen LogP contribution < -0.4 is 11.1 Å². The number of benzene rings is 1. The first-order valence-electron chi connectivity index (χ1n) is 9.56. The Balaban J connectivity index is 2.02. The van der Waals surface area contributed by atoms with Gasteiger partial charge in [-0.1, -0.05) is 13.0 Å². The van der Waals surface area contributed by atoms with Crippen LogP contribution >= 0.6 is 0 Å². The van der Waals surface area contributed by atoms with Gasteiger partial charge >= 0.3 is 12.2 Å². The molecule has 1 aromatic rings. The van der Waals surface area contributed by atoms with E-state index in [-0.39, 0.29) is 10.5 Å². The van der Waals surface area contributed by atoms with E-state index in [1.807, 2.05) is 0 Å². The summed E-state index contributed by atoms with van der Waals surface area (Å²) >= 11 is 0. The number of amides is 2. The maximum atomic E-state index is 14.0. The van der Waals surface area contributed by atoms with Gasteiger partial charge in [0.15, 0.2) is 17.2 Å². The second-order valence-electron chi connectivity index (χ2n) is 7.89. The van der Waals surface area contributed by atoms with E-state index in [1.165, 1.54) is 0 Å². The zero-order valence-electron chi connectivity index (χ0n) is 17.2. The van der Waals surface area contributed by atoms with Crippen molar-refractivity contribution >= 4 is 11.8 Å². The van der Waals surface area contributed by atoms with Crippen LogP contribution in [-0.2, 0) is 14.3 Å². The number of halogens is 5. The van der Waals surface area contributed by atoms with E-state index >= 15 is 0 Å². The fourth-order valence-electron chi connectivity index (χ4n) is 3.90. The van der Waals surface area contributed by atoms with E-state index in [0.717, 1.165) is 31.3 Å². The summed E-state index contributed by atoms with van der Waals surface area (Å²) in [5, 5.41) is 12.3. The highest BCUT2D eigenvalue weighted by Gasteiger charge is 2.65. The SMILES string of the molecule is C[C@@H]1[C@H](c2ccc(F)c(F)c2O)[C@@H](C(=O)NC2=CC(C(N)=O)[N+](=O)C=C2)O[C@]1(C)C(F)(F)F. The number of rotatable bonds is 4. The Morgan fingerprint density at radius 2 is 1.91 bits per heavy atom. The third-order valence-corrected chi connectivity index (χ3v) is 5.96. The number of hydrogen-bond donors (Lipinski definition) is 3. The average Bonchev–Trinajstić information content (AvgIpc) is 3.00. The van der Waals surface area contributed by atoms with Crippen LogP contribution in [0.2, 0.25) is 0 Å². The summed E-state index contributed by atoms with van der Waals surface area (Å²) < 4.78 is 74.3. The van der Waals surface area contributed by atoms with Gasteiger partial charge in [0.05, 0.1) is 5.70 Å². The minimum absolute atomic E-state index is 0.124. The third kappa shape index (κ3) is 4.08. The highest BCUT2D eigenvalue weighted by molar-refractivity contribution is 5.86. The molecule has 8 nitrogen and oxygen atoms in total. The number of phenolic OH excluding ortho intramolecular Hbond substituents is 1. The van der Waals surface area contributed by atoms with Crippen LogP contribution in [0.25, 0.3) is 0 Å². The molecule has 1 aromatic carbocycles.